The van der Waals surface area contributed by atoms with Gasteiger partial charge in [0.15, 0.2) is 0 Å². The molecular weight excluding hydrogens is 357 g/mol. The van der Waals surface area contributed by atoms with Crippen LogP contribution in [-0.4, -0.2) is 24.1 Å². The molecule has 0 fully saturated rings. The lowest BCUT2D eigenvalue weighted by Crippen LogP contribution is -2.16. The molecule has 0 unspecified atom stereocenters. The maximum Gasteiger partial charge on any atom is 0.280 e. The fraction of sp³-hybridized carbons (Fsp3) is 0.267. The minimum Gasteiger partial charge on any atom is -0.282 e. The van der Waals surface area contributed by atoms with E-state index >= 15 is 0 Å². The molecular formula is C15H13F3N4O2S. The molecule has 0 atom stereocenters. The Hall–Kier alpha value is -2.67. The van der Waals surface area contributed by atoms with E-state index in [9.17, 15) is 21.6 Å². The highest BCUT2D eigenvalue weighted by molar-refractivity contribution is 7.92. The van der Waals surface area contributed by atoms with Crippen LogP contribution in [0.3, 0.4) is 0 Å². The first-order valence-corrected chi connectivity index (χ1v) is 8.69. The van der Waals surface area contributed by atoms with Gasteiger partial charge in [0.2, 0.25) is 10.0 Å². The summed E-state index contributed by atoms with van der Waals surface area (Å²) in [5.74, 6) is -1.15. The molecule has 132 valence electrons. The number of halogens is 3. The van der Waals surface area contributed by atoms with Gasteiger partial charge in [0.05, 0.1) is 22.7 Å². The number of nitrogens with one attached hydrogen (secondary N) is 1. The summed E-state index contributed by atoms with van der Waals surface area (Å²) in [5.41, 5.74) is -1.30. The molecule has 6 nitrogen and oxygen atoms in total. The maximum atomic E-state index is 14.4. The molecule has 0 radical (unpaired) electrons. The van der Waals surface area contributed by atoms with Crippen LogP contribution in [0.5, 0.6) is 0 Å². The number of alkyl halides is 2. The third-order valence-corrected chi connectivity index (χ3v) is 4.75. The summed E-state index contributed by atoms with van der Waals surface area (Å²) in [7, 11) is -3.72. The Labute approximate surface area is 142 Å². The Morgan fingerprint density at radius 3 is 2.56 bits per heavy atom. The third-order valence-electron chi connectivity index (χ3n) is 3.46. The fourth-order valence-corrected chi connectivity index (χ4v) is 2.77. The summed E-state index contributed by atoms with van der Waals surface area (Å²) >= 11 is 0. The number of anilines is 1. The number of nitriles is 1. The Kier molecular flexibility index (Phi) is 5.27. The first-order valence-electron chi connectivity index (χ1n) is 7.04. The van der Waals surface area contributed by atoms with Gasteiger partial charge in [-0.2, -0.15) is 5.26 Å². The van der Waals surface area contributed by atoms with Crippen molar-refractivity contribution < 1.29 is 21.6 Å². The first kappa shape index (κ1) is 18.7. The van der Waals surface area contributed by atoms with E-state index in [1.807, 2.05) is 0 Å². The van der Waals surface area contributed by atoms with Crippen molar-refractivity contribution in [3.05, 3.63) is 41.1 Å². The predicted octanol–water partition coefficient (Wildman–Crippen LogP) is 3.16. The van der Waals surface area contributed by atoms with E-state index in [1.54, 1.807) is 6.07 Å². The zero-order valence-corrected chi connectivity index (χ0v) is 14.0. The number of nitrogens with zero attached hydrogens (tertiary/aromatic N) is 3. The number of benzene rings is 1. The van der Waals surface area contributed by atoms with E-state index < -0.39 is 28.0 Å². The number of hydrogen-bond acceptors (Lipinski definition) is 5. The van der Waals surface area contributed by atoms with Gasteiger partial charge in [0, 0.05) is 11.1 Å². The van der Waals surface area contributed by atoms with Crippen LogP contribution in [0.2, 0.25) is 0 Å². The molecule has 25 heavy (non-hydrogen) atoms. The standard InChI is InChI=1S/C15H13F3N4O2S/c1-3-25(23,24)22-12-5-10(11(16)4-9(12)6-19)13-8(2)14(15(17)18)21-7-20-13/h4-5,7,15,22H,3H2,1-2H3. The molecule has 0 saturated carbocycles. The Bertz CT molecular complexity index is 956. The first-order chi connectivity index (χ1) is 11.7. The van der Waals surface area contributed by atoms with E-state index in [0.717, 1.165) is 18.5 Å². The van der Waals surface area contributed by atoms with Crippen molar-refractivity contribution in [2.24, 2.45) is 0 Å². The molecule has 1 N–H and O–H groups in total. The van der Waals surface area contributed by atoms with Crippen LogP contribution in [0.1, 0.15) is 30.2 Å². The average Bonchev–Trinajstić information content (AvgIpc) is 2.56. The minimum atomic E-state index is -3.72. The number of rotatable bonds is 5. The van der Waals surface area contributed by atoms with Gasteiger partial charge in [0.25, 0.3) is 6.43 Å². The highest BCUT2D eigenvalue weighted by atomic mass is 32.2. The van der Waals surface area contributed by atoms with Crippen molar-refractivity contribution in [1.29, 1.82) is 5.26 Å². The van der Waals surface area contributed by atoms with Gasteiger partial charge in [-0.25, -0.2) is 31.6 Å². The van der Waals surface area contributed by atoms with Gasteiger partial charge >= 0.3 is 0 Å². The number of aromatic nitrogens is 2. The van der Waals surface area contributed by atoms with Gasteiger partial charge in [-0.1, -0.05) is 0 Å². The second-order valence-electron chi connectivity index (χ2n) is 5.03. The zero-order valence-electron chi connectivity index (χ0n) is 13.2. The van der Waals surface area contributed by atoms with Crippen LogP contribution in [0.25, 0.3) is 11.3 Å². The maximum absolute atomic E-state index is 14.4. The van der Waals surface area contributed by atoms with Crippen LogP contribution in [0.15, 0.2) is 18.5 Å². The largest absolute Gasteiger partial charge is 0.282 e. The second kappa shape index (κ2) is 7.06. The number of sulfonamides is 1. The summed E-state index contributed by atoms with van der Waals surface area (Å²) in [4.78, 5) is 7.30. The van der Waals surface area contributed by atoms with Crippen molar-refractivity contribution in [1.82, 2.24) is 9.97 Å². The van der Waals surface area contributed by atoms with Crippen molar-refractivity contribution in [2.75, 3.05) is 10.5 Å². The molecule has 1 heterocycles. The van der Waals surface area contributed by atoms with E-state index in [-0.39, 0.29) is 33.8 Å². The predicted molar refractivity (Wildman–Crippen MR) is 84.9 cm³/mol. The van der Waals surface area contributed by atoms with E-state index in [1.165, 1.54) is 13.8 Å². The third kappa shape index (κ3) is 3.88. The zero-order chi connectivity index (χ0) is 18.8. The summed E-state index contributed by atoms with van der Waals surface area (Å²) in [6.45, 7) is 2.70. The molecule has 2 aromatic rings. The monoisotopic (exact) mass is 370 g/mol. The molecule has 0 aliphatic heterocycles. The quantitative estimate of drug-likeness (QED) is 0.872. The van der Waals surface area contributed by atoms with E-state index in [4.69, 9.17) is 5.26 Å². The normalized spacial score (nSPS) is 11.4. The molecule has 0 bridgehead atoms. The highest BCUT2D eigenvalue weighted by Gasteiger charge is 2.21. The van der Waals surface area contributed by atoms with Crippen LogP contribution >= 0.6 is 0 Å². The topological polar surface area (TPSA) is 95.7 Å². The molecule has 2 rings (SSSR count). The molecule has 0 aliphatic carbocycles. The van der Waals surface area contributed by atoms with Gasteiger partial charge in [0.1, 0.15) is 23.9 Å². The van der Waals surface area contributed by atoms with Gasteiger partial charge < -0.3 is 0 Å². The van der Waals surface area contributed by atoms with Gasteiger partial charge in [-0.05, 0) is 26.0 Å². The Balaban J connectivity index is 2.68. The highest BCUT2D eigenvalue weighted by Crippen LogP contribution is 2.32. The minimum absolute atomic E-state index is 0.0367. The van der Waals surface area contributed by atoms with Crippen LogP contribution in [-0.2, 0) is 10.0 Å². The Morgan fingerprint density at radius 2 is 2.00 bits per heavy atom. The van der Waals surface area contributed by atoms with Crippen molar-refractivity contribution in [3.8, 4) is 17.3 Å². The van der Waals surface area contributed by atoms with Crippen molar-refractivity contribution in [2.45, 2.75) is 20.3 Å². The molecule has 0 saturated heterocycles. The van der Waals surface area contributed by atoms with E-state index in [0.29, 0.717) is 0 Å². The summed E-state index contributed by atoms with van der Waals surface area (Å²) in [6, 6.07) is 3.57. The van der Waals surface area contributed by atoms with Crippen LogP contribution in [0, 0.1) is 24.1 Å². The van der Waals surface area contributed by atoms with Gasteiger partial charge in [-0.3, -0.25) is 4.72 Å². The second-order valence-corrected chi connectivity index (χ2v) is 7.04. The fourth-order valence-electron chi connectivity index (χ4n) is 2.13. The number of hydrogen-bond donors (Lipinski definition) is 1. The molecule has 10 heteroatoms. The molecule has 1 aromatic carbocycles. The molecule has 0 spiro atoms. The van der Waals surface area contributed by atoms with Gasteiger partial charge in [-0.15, -0.1) is 0 Å². The lowest BCUT2D eigenvalue weighted by Gasteiger charge is -2.13. The SMILES string of the molecule is CCS(=O)(=O)Nc1cc(-c2ncnc(C(F)F)c2C)c(F)cc1C#N. The average molecular weight is 370 g/mol. The summed E-state index contributed by atoms with van der Waals surface area (Å²) in [5, 5.41) is 9.07. The molecule has 1 aromatic heterocycles. The molecule has 0 amide bonds. The Morgan fingerprint density at radius 1 is 1.32 bits per heavy atom. The summed E-state index contributed by atoms with van der Waals surface area (Å²) < 4.78 is 66.0. The summed E-state index contributed by atoms with van der Waals surface area (Å²) in [6.07, 6.45) is -2.00. The lowest BCUT2D eigenvalue weighted by atomic mass is 10.0. The smallest absolute Gasteiger partial charge is 0.280 e. The van der Waals surface area contributed by atoms with Crippen LogP contribution in [0.4, 0.5) is 18.9 Å². The van der Waals surface area contributed by atoms with Crippen molar-refractivity contribution in [3.63, 3.8) is 0 Å². The lowest BCUT2D eigenvalue weighted by molar-refractivity contribution is 0.145. The van der Waals surface area contributed by atoms with Crippen molar-refractivity contribution >= 4 is 15.7 Å². The van der Waals surface area contributed by atoms with E-state index in [2.05, 4.69) is 14.7 Å². The van der Waals surface area contributed by atoms with Crippen LogP contribution < -0.4 is 4.72 Å². The molecule has 0 aliphatic rings.